The van der Waals surface area contributed by atoms with Crippen LogP contribution in [0.3, 0.4) is 0 Å². The van der Waals surface area contributed by atoms with Gasteiger partial charge in [-0.25, -0.2) is 9.59 Å². The number of cyclic esters (lactones) is 1. The Morgan fingerprint density at radius 2 is 2.11 bits per heavy atom. The minimum atomic E-state index is -1.74. The third kappa shape index (κ3) is 3.73. The summed E-state index contributed by atoms with van der Waals surface area (Å²) in [6.45, 7) is 6.25. The van der Waals surface area contributed by atoms with Crippen LogP contribution in [0.4, 0.5) is 0 Å². The van der Waals surface area contributed by atoms with Crippen LogP contribution in [-0.2, 0) is 23.8 Å². The lowest BCUT2D eigenvalue weighted by Crippen LogP contribution is -2.41. The predicted octanol–water partition coefficient (Wildman–Crippen LogP) is 0.884. The first-order valence-electron chi connectivity index (χ1n) is 5.68. The molecule has 1 aliphatic heterocycles. The van der Waals surface area contributed by atoms with Gasteiger partial charge in [0.1, 0.15) is 5.76 Å². The molecule has 0 saturated heterocycles. The summed E-state index contributed by atoms with van der Waals surface area (Å²) in [5.41, 5.74) is -1.74. The van der Waals surface area contributed by atoms with Crippen LogP contribution in [0.5, 0.6) is 0 Å². The van der Waals surface area contributed by atoms with Gasteiger partial charge in [0.05, 0.1) is 12.7 Å². The summed E-state index contributed by atoms with van der Waals surface area (Å²) in [4.78, 5) is 22.8. The molecule has 6 nitrogen and oxygen atoms in total. The van der Waals surface area contributed by atoms with Gasteiger partial charge in [0, 0.05) is 20.3 Å². The number of carbonyl (C=O) groups excluding carboxylic acids is 2. The second-order valence-corrected chi connectivity index (χ2v) is 4.70. The summed E-state index contributed by atoms with van der Waals surface area (Å²) in [5.74, 6) is -2.24. The molecule has 0 saturated carbocycles. The van der Waals surface area contributed by atoms with Crippen molar-refractivity contribution >= 4 is 11.9 Å². The maximum absolute atomic E-state index is 11.5. The van der Waals surface area contributed by atoms with Crippen LogP contribution in [0.25, 0.3) is 0 Å². The maximum atomic E-state index is 11.5. The van der Waals surface area contributed by atoms with Gasteiger partial charge in [-0.2, -0.15) is 0 Å². The minimum Gasteiger partial charge on any atom is -0.464 e. The number of hydrogen-bond donors (Lipinski definition) is 1. The maximum Gasteiger partial charge on any atom is 0.338 e. The molecule has 0 aliphatic carbocycles. The lowest BCUT2D eigenvalue weighted by Gasteiger charge is -2.32. The zero-order valence-corrected chi connectivity index (χ0v) is 11.0. The first-order chi connectivity index (χ1) is 8.16. The van der Waals surface area contributed by atoms with Crippen molar-refractivity contribution in [3.63, 3.8) is 0 Å². The Kier molecular flexibility index (Phi) is 4.01. The van der Waals surface area contributed by atoms with Gasteiger partial charge in [-0.05, 0) is 13.8 Å². The van der Waals surface area contributed by atoms with E-state index in [0.717, 1.165) is 6.08 Å². The Morgan fingerprint density at radius 1 is 1.50 bits per heavy atom. The largest absolute Gasteiger partial charge is 0.464 e. The van der Waals surface area contributed by atoms with Crippen molar-refractivity contribution in [2.75, 3.05) is 6.61 Å². The van der Waals surface area contributed by atoms with Crippen LogP contribution in [0.1, 0.15) is 34.1 Å². The van der Waals surface area contributed by atoms with Gasteiger partial charge < -0.3 is 19.3 Å². The van der Waals surface area contributed by atoms with Gasteiger partial charge >= 0.3 is 11.9 Å². The monoisotopic (exact) mass is 258 g/mol. The number of hydrogen-bond acceptors (Lipinski definition) is 6. The number of esters is 2. The summed E-state index contributed by atoms with van der Waals surface area (Å²) in [6.07, 6.45) is 0.962. The van der Waals surface area contributed by atoms with E-state index in [1.54, 1.807) is 20.8 Å². The SMILES string of the molecule is CCOC(=O)[C@@](C)(O)CC1=CC(=O)OC(C)(C)O1. The van der Waals surface area contributed by atoms with Crippen LogP contribution >= 0.6 is 0 Å². The number of rotatable bonds is 4. The summed E-state index contributed by atoms with van der Waals surface area (Å²) < 4.78 is 15.0. The van der Waals surface area contributed by atoms with E-state index in [1.807, 2.05) is 0 Å². The van der Waals surface area contributed by atoms with Gasteiger partial charge in [-0.3, -0.25) is 0 Å². The van der Waals surface area contributed by atoms with E-state index in [2.05, 4.69) is 0 Å². The van der Waals surface area contributed by atoms with Crippen molar-refractivity contribution in [1.82, 2.24) is 0 Å². The van der Waals surface area contributed by atoms with E-state index in [1.165, 1.54) is 6.92 Å². The van der Waals surface area contributed by atoms with Crippen molar-refractivity contribution in [3.8, 4) is 0 Å². The third-order valence-corrected chi connectivity index (χ3v) is 2.24. The molecule has 0 amide bonds. The Hall–Kier alpha value is -1.56. The molecule has 1 rings (SSSR count). The standard InChI is InChI=1S/C12H18O6/c1-5-16-10(14)12(4,15)7-8-6-9(13)18-11(2,3)17-8/h6,15H,5,7H2,1-4H3/t12-/m0/s1. The highest BCUT2D eigenvalue weighted by molar-refractivity contribution is 5.84. The molecule has 0 fully saturated rings. The molecule has 6 heteroatoms. The quantitative estimate of drug-likeness (QED) is 0.754. The molecule has 1 atom stereocenters. The van der Waals surface area contributed by atoms with Crippen LogP contribution < -0.4 is 0 Å². The number of carbonyl (C=O) groups is 2. The van der Waals surface area contributed by atoms with Crippen molar-refractivity contribution in [2.45, 2.75) is 45.5 Å². The van der Waals surface area contributed by atoms with Crippen molar-refractivity contribution in [2.24, 2.45) is 0 Å². The van der Waals surface area contributed by atoms with Crippen LogP contribution in [-0.4, -0.2) is 35.0 Å². The van der Waals surface area contributed by atoms with Crippen molar-refractivity contribution < 1.29 is 28.9 Å². The minimum absolute atomic E-state index is 0.148. The molecule has 0 aromatic rings. The van der Waals surface area contributed by atoms with Gasteiger partial charge in [-0.15, -0.1) is 0 Å². The fourth-order valence-corrected chi connectivity index (χ4v) is 1.55. The zero-order chi connectivity index (χ0) is 14.0. The molecular formula is C12H18O6. The first kappa shape index (κ1) is 14.5. The van der Waals surface area contributed by atoms with E-state index < -0.39 is 23.3 Å². The molecule has 0 radical (unpaired) electrons. The molecule has 0 spiro atoms. The summed E-state index contributed by atoms with van der Waals surface area (Å²) in [5, 5.41) is 9.98. The third-order valence-electron chi connectivity index (χ3n) is 2.24. The fourth-order valence-electron chi connectivity index (χ4n) is 1.55. The van der Waals surface area contributed by atoms with Crippen molar-refractivity contribution in [1.29, 1.82) is 0 Å². The molecule has 18 heavy (non-hydrogen) atoms. The van der Waals surface area contributed by atoms with E-state index in [4.69, 9.17) is 14.2 Å². The molecule has 0 aromatic heterocycles. The second-order valence-electron chi connectivity index (χ2n) is 4.70. The van der Waals surface area contributed by atoms with Gasteiger partial charge in [0.2, 0.25) is 5.79 Å². The molecule has 102 valence electrons. The van der Waals surface area contributed by atoms with Gasteiger partial charge in [0.25, 0.3) is 0 Å². The Morgan fingerprint density at radius 3 is 2.61 bits per heavy atom. The average Bonchev–Trinajstić information content (AvgIpc) is 2.13. The molecule has 0 bridgehead atoms. The highest BCUT2D eigenvalue weighted by Gasteiger charge is 2.38. The Balaban J connectivity index is 2.78. The lowest BCUT2D eigenvalue weighted by molar-refractivity contribution is -0.209. The second kappa shape index (κ2) is 4.97. The Bertz CT molecular complexity index is 380. The fraction of sp³-hybridized carbons (Fsp3) is 0.667. The molecule has 1 heterocycles. The summed E-state index contributed by atoms with van der Waals surface area (Å²) in [6, 6.07) is 0. The lowest BCUT2D eigenvalue weighted by atomic mass is 10.0. The molecular weight excluding hydrogens is 240 g/mol. The molecule has 1 N–H and O–H groups in total. The molecule has 1 aliphatic rings. The molecule has 0 unspecified atom stereocenters. The highest BCUT2D eigenvalue weighted by atomic mass is 16.7. The summed E-state index contributed by atoms with van der Waals surface area (Å²) in [7, 11) is 0. The normalized spacial score (nSPS) is 21.2. The molecule has 0 aromatic carbocycles. The smallest absolute Gasteiger partial charge is 0.338 e. The topological polar surface area (TPSA) is 82.1 Å². The predicted molar refractivity (Wildman–Crippen MR) is 61.2 cm³/mol. The van der Waals surface area contributed by atoms with Crippen LogP contribution in [0.15, 0.2) is 11.8 Å². The van der Waals surface area contributed by atoms with Gasteiger partial charge in [0.15, 0.2) is 5.60 Å². The Labute approximate surface area is 106 Å². The zero-order valence-electron chi connectivity index (χ0n) is 11.0. The average molecular weight is 258 g/mol. The van der Waals surface area contributed by atoms with Gasteiger partial charge in [-0.1, -0.05) is 0 Å². The first-order valence-corrected chi connectivity index (χ1v) is 5.68. The van der Waals surface area contributed by atoms with E-state index in [0.29, 0.717) is 0 Å². The summed E-state index contributed by atoms with van der Waals surface area (Å²) >= 11 is 0. The van der Waals surface area contributed by atoms with E-state index in [-0.39, 0.29) is 18.8 Å². The van der Waals surface area contributed by atoms with E-state index >= 15 is 0 Å². The van der Waals surface area contributed by atoms with Crippen molar-refractivity contribution in [3.05, 3.63) is 11.8 Å². The van der Waals surface area contributed by atoms with Crippen LogP contribution in [0, 0.1) is 0 Å². The number of aliphatic hydroxyl groups is 1. The number of ether oxygens (including phenoxy) is 3. The van der Waals surface area contributed by atoms with Crippen LogP contribution in [0.2, 0.25) is 0 Å². The van der Waals surface area contributed by atoms with E-state index in [9.17, 15) is 14.7 Å². The highest BCUT2D eigenvalue weighted by Crippen LogP contribution is 2.28.